The molecule has 0 bridgehead atoms. The molecule has 2 saturated heterocycles. The highest BCUT2D eigenvalue weighted by atomic mass is 16.1. The third kappa shape index (κ3) is 4.87. The standard InChI is InChI=1S/C22H29N5O/c28-22(20-4-3-13-27(17-20)21-15-23-9-10-24-21)25-14-18-5-7-19(8-6-18)16-26-11-1-2-12-26/h5-10,15,20H,1-4,11-14,16-17H2,(H,25,28). The predicted molar refractivity (Wildman–Crippen MR) is 110 cm³/mol. The van der Waals surface area contributed by atoms with E-state index in [-0.39, 0.29) is 11.8 Å². The number of hydrogen-bond donors (Lipinski definition) is 1. The fourth-order valence-corrected chi connectivity index (χ4v) is 4.15. The van der Waals surface area contributed by atoms with Crippen LogP contribution in [0.3, 0.4) is 0 Å². The molecule has 2 aliphatic heterocycles. The minimum absolute atomic E-state index is 0.00481. The minimum Gasteiger partial charge on any atom is -0.355 e. The summed E-state index contributed by atoms with van der Waals surface area (Å²) in [6, 6.07) is 8.66. The summed E-state index contributed by atoms with van der Waals surface area (Å²) in [5.41, 5.74) is 2.50. The molecule has 0 saturated carbocycles. The monoisotopic (exact) mass is 379 g/mol. The lowest BCUT2D eigenvalue weighted by Gasteiger charge is -2.32. The highest BCUT2D eigenvalue weighted by Crippen LogP contribution is 2.21. The van der Waals surface area contributed by atoms with Crippen molar-refractivity contribution in [3.63, 3.8) is 0 Å². The van der Waals surface area contributed by atoms with Crippen LogP contribution in [0.4, 0.5) is 5.82 Å². The summed E-state index contributed by atoms with van der Waals surface area (Å²) in [5, 5.41) is 3.12. The van der Waals surface area contributed by atoms with Gasteiger partial charge in [0.1, 0.15) is 5.82 Å². The topological polar surface area (TPSA) is 61.4 Å². The number of nitrogens with one attached hydrogen (secondary N) is 1. The van der Waals surface area contributed by atoms with Gasteiger partial charge in [-0.15, -0.1) is 0 Å². The molecule has 1 aromatic heterocycles. The van der Waals surface area contributed by atoms with Crippen molar-refractivity contribution in [3.05, 3.63) is 54.0 Å². The average molecular weight is 380 g/mol. The molecular weight excluding hydrogens is 350 g/mol. The first kappa shape index (κ1) is 18.9. The average Bonchev–Trinajstić information content (AvgIpc) is 3.27. The summed E-state index contributed by atoms with van der Waals surface area (Å²) in [4.78, 5) is 25.8. The van der Waals surface area contributed by atoms with E-state index >= 15 is 0 Å². The number of likely N-dealkylation sites (tertiary alicyclic amines) is 1. The first-order chi connectivity index (χ1) is 13.8. The normalized spacial score (nSPS) is 20.3. The highest BCUT2D eigenvalue weighted by Gasteiger charge is 2.26. The van der Waals surface area contributed by atoms with Gasteiger partial charge in [0.15, 0.2) is 0 Å². The Morgan fingerprint density at radius 1 is 1.04 bits per heavy atom. The van der Waals surface area contributed by atoms with Crippen LogP contribution < -0.4 is 10.2 Å². The maximum Gasteiger partial charge on any atom is 0.225 e. The third-order valence-corrected chi connectivity index (χ3v) is 5.76. The van der Waals surface area contributed by atoms with Gasteiger partial charge in [-0.2, -0.15) is 0 Å². The second-order valence-electron chi connectivity index (χ2n) is 7.87. The molecule has 1 unspecified atom stereocenters. The van der Waals surface area contributed by atoms with E-state index in [1.165, 1.54) is 31.5 Å². The fraction of sp³-hybridized carbons (Fsp3) is 0.500. The van der Waals surface area contributed by atoms with Gasteiger partial charge >= 0.3 is 0 Å². The Bertz CT molecular complexity index is 758. The molecule has 1 aromatic carbocycles. The van der Waals surface area contributed by atoms with Crippen LogP contribution in [0.1, 0.15) is 36.8 Å². The van der Waals surface area contributed by atoms with Crippen LogP contribution in [0.15, 0.2) is 42.9 Å². The number of amides is 1. The molecule has 1 N–H and O–H groups in total. The van der Waals surface area contributed by atoms with Crippen molar-refractivity contribution >= 4 is 11.7 Å². The maximum atomic E-state index is 12.7. The molecular formula is C22H29N5O. The lowest BCUT2D eigenvalue weighted by Crippen LogP contribution is -2.43. The molecule has 2 aliphatic rings. The number of rotatable bonds is 6. The molecule has 1 atom stereocenters. The van der Waals surface area contributed by atoms with Crippen molar-refractivity contribution in [2.45, 2.75) is 38.8 Å². The van der Waals surface area contributed by atoms with E-state index in [4.69, 9.17) is 0 Å². The zero-order chi connectivity index (χ0) is 19.2. The van der Waals surface area contributed by atoms with E-state index in [1.807, 2.05) is 0 Å². The summed E-state index contributed by atoms with van der Waals surface area (Å²) in [6.07, 6.45) is 9.71. The molecule has 6 heteroatoms. The molecule has 2 fully saturated rings. The van der Waals surface area contributed by atoms with Gasteiger partial charge in [-0.25, -0.2) is 4.98 Å². The Labute approximate surface area is 167 Å². The first-order valence-corrected chi connectivity index (χ1v) is 10.4. The smallest absolute Gasteiger partial charge is 0.225 e. The Hall–Kier alpha value is -2.47. The van der Waals surface area contributed by atoms with Crippen LogP contribution in [-0.4, -0.2) is 47.0 Å². The lowest BCUT2D eigenvalue weighted by atomic mass is 9.97. The molecule has 1 amide bonds. The Balaban J connectivity index is 1.26. The van der Waals surface area contributed by atoms with E-state index in [0.29, 0.717) is 13.1 Å². The van der Waals surface area contributed by atoms with Gasteiger partial charge in [-0.1, -0.05) is 24.3 Å². The van der Waals surface area contributed by atoms with Crippen LogP contribution in [0.25, 0.3) is 0 Å². The van der Waals surface area contributed by atoms with Gasteiger partial charge in [-0.3, -0.25) is 14.7 Å². The molecule has 0 aliphatic carbocycles. The first-order valence-electron chi connectivity index (χ1n) is 10.4. The van der Waals surface area contributed by atoms with Crippen molar-refractivity contribution in [3.8, 4) is 0 Å². The number of aromatic nitrogens is 2. The van der Waals surface area contributed by atoms with Gasteiger partial charge in [0.25, 0.3) is 0 Å². The van der Waals surface area contributed by atoms with E-state index in [9.17, 15) is 4.79 Å². The predicted octanol–water partition coefficient (Wildman–Crippen LogP) is 2.61. The van der Waals surface area contributed by atoms with Crippen LogP contribution in [-0.2, 0) is 17.9 Å². The minimum atomic E-state index is 0.00481. The Morgan fingerprint density at radius 2 is 1.82 bits per heavy atom. The number of carbonyl (C=O) groups excluding carboxylic acids is 1. The molecule has 0 radical (unpaired) electrons. The van der Waals surface area contributed by atoms with Crippen molar-refractivity contribution in [1.82, 2.24) is 20.2 Å². The molecule has 6 nitrogen and oxygen atoms in total. The lowest BCUT2D eigenvalue weighted by molar-refractivity contribution is -0.125. The van der Waals surface area contributed by atoms with Crippen LogP contribution >= 0.6 is 0 Å². The fourth-order valence-electron chi connectivity index (χ4n) is 4.15. The summed E-state index contributed by atoms with van der Waals surface area (Å²) in [6.45, 7) is 5.69. The van der Waals surface area contributed by atoms with Gasteiger partial charge in [0.2, 0.25) is 5.91 Å². The third-order valence-electron chi connectivity index (χ3n) is 5.76. The van der Waals surface area contributed by atoms with Gasteiger partial charge in [-0.05, 0) is 49.9 Å². The number of hydrogen-bond acceptors (Lipinski definition) is 5. The number of anilines is 1. The van der Waals surface area contributed by atoms with E-state index in [1.54, 1.807) is 18.6 Å². The SMILES string of the molecule is O=C(NCc1ccc(CN2CCCC2)cc1)C1CCCN(c2cnccn2)C1. The van der Waals surface area contributed by atoms with Gasteiger partial charge in [0.05, 0.1) is 12.1 Å². The molecule has 148 valence electrons. The van der Waals surface area contributed by atoms with Crippen molar-refractivity contribution in [2.75, 3.05) is 31.1 Å². The van der Waals surface area contributed by atoms with Crippen LogP contribution in [0, 0.1) is 5.92 Å². The zero-order valence-corrected chi connectivity index (χ0v) is 16.4. The largest absolute Gasteiger partial charge is 0.355 e. The van der Waals surface area contributed by atoms with E-state index < -0.39 is 0 Å². The number of carbonyl (C=O) groups is 1. The Morgan fingerprint density at radius 3 is 2.57 bits per heavy atom. The molecule has 28 heavy (non-hydrogen) atoms. The van der Waals surface area contributed by atoms with Crippen LogP contribution in [0.5, 0.6) is 0 Å². The van der Waals surface area contributed by atoms with Gasteiger partial charge in [0, 0.05) is 38.6 Å². The van der Waals surface area contributed by atoms with Crippen LogP contribution in [0.2, 0.25) is 0 Å². The molecule has 2 aromatic rings. The van der Waals surface area contributed by atoms with E-state index in [0.717, 1.165) is 37.3 Å². The van der Waals surface area contributed by atoms with Gasteiger partial charge < -0.3 is 10.2 Å². The van der Waals surface area contributed by atoms with E-state index in [2.05, 4.69) is 49.4 Å². The summed E-state index contributed by atoms with van der Waals surface area (Å²) in [7, 11) is 0. The summed E-state index contributed by atoms with van der Waals surface area (Å²) < 4.78 is 0. The second-order valence-corrected chi connectivity index (χ2v) is 7.87. The number of benzene rings is 1. The maximum absolute atomic E-state index is 12.7. The van der Waals surface area contributed by atoms with Crippen molar-refractivity contribution in [2.24, 2.45) is 5.92 Å². The Kier molecular flexibility index (Phi) is 6.17. The number of piperidine rings is 1. The number of nitrogens with zero attached hydrogens (tertiary/aromatic N) is 4. The highest BCUT2D eigenvalue weighted by molar-refractivity contribution is 5.79. The summed E-state index contributed by atoms with van der Waals surface area (Å²) >= 11 is 0. The second kappa shape index (κ2) is 9.15. The molecule has 0 spiro atoms. The summed E-state index contributed by atoms with van der Waals surface area (Å²) in [5.74, 6) is 0.994. The molecule has 4 rings (SSSR count). The van der Waals surface area contributed by atoms with Crippen molar-refractivity contribution in [1.29, 1.82) is 0 Å². The van der Waals surface area contributed by atoms with Crippen molar-refractivity contribution < 1.29 is 4.79 Å². The zero-order valence-electron chi connectivity index (χ0n) is 16.4. The quantitative estimate of drug-likeness (QED) is 0.836. The molecule has 3 heterocycles.